The molecule has 1 aliphatic heterocycles. The number of benzene rings is 2. The van der Waals surface area contributed by atoms with Crippen molar-refractivity contribution in [2.45, 2.75) is 13.0 Å². The Balaban J connectivity index is 1.76. The summed E-state index contributed by atoms with van der Waals surface area (Å²) in [5.74, 6) is 1.77. The Morgan fingerprint density at radius 1 is 1.13 bits per heavy atom. The Morgan fingerprint density at radius 2 is 1.94 bits per heavy atom. The molecule has 2 N–H and O–H groups in total. The van der Waals surface area contributed by atoms with Crippen LogP contribution in [0, 0.1) is 0 Å². The number of tetrazole rings is 1. The van der Waals surface area contributed by atoms with Gasteiger partial charge in [0.1, 0.15) is 23.2 Å². The Kier molecular flexibility index (Phi) is 4.58. The molecule has 4 aromatic rings. The normalized spacial score (nSPS) is 14.3. The number of nitrogens with one attached hydrogen (secondary N) is 2. The lowest BCUT2D eigenvalue weighted by Crippen LogP contribution is -2.29. The van der Waals surface area contributed by atoms with Gasteiger partial charge in [-0.2, -0.15) is 9.78 Å². The number of ether oxygens (including phenoxy) is 2. The number of fused-ring (bicyclic) bond motifs is 2. The van der Waals surface area contributed by atoms with Crippen LogP contribution in [0.25, 0.3) is 11.3 Å². The number of H-pyrrole nitrogens is 1. The predicted molar refractivity (Wildman–Crippen MR) is 113 cm³/mol. The van der Waals surface area contributed by atoms with Crippen molar-refractivity contribution in [2.24, 2.45) is 0 Å². The van der Waals surface area contributed by atoms with E-state index in [0.29, 0.717) is 35.2 Å². The predicted octanol–water partition coefficient (Wildman–Crippen LogP) is 2.53. The molecule has 156 valence electrons. The SMILES string of the molecule is CCOc1ccc(-c2n[nH]c(=O)c3c2[C@@H](c2ccccc2OC)n2nnnc2N3)cc1. The molecule has 0 radical (unpaired) electrons. The summed E-state index contributed by atoms with van der Waals surface area (Å²) in [5, 5.41) is 22.0. The van der Waals surface area contributed by atoms with Gasteiger partial charge in [-0.3, -0.25) is 4.79 Å². The average Bonchev–Trinajstić information content (AvgIpc) is 3.27. The van der Waals surface area contributed by atoms with Gasteiger partial charge < -0.3 is 14.8 Å². The first-order chi connectivity index (χ1) is 15.2. The second-order valence-electron chi connectivity index (χ2n) is 6.86. The third kappa shape index (κ3) is 3.08. The molecule has 1 atom stereocenters. The van der Waals surface area contributed by atoms with Gasteiger partial charge in [-0.15, -0.1) is 0 Å². The van der Waals surface area contributed by atoms with Crippen LogP contribution >= 0.6 is 0 Å². The maximum Gasteiger partial charge on any atom is 0.288 e. The monoisotopic (exact) mass is 417 g/mol. The molecule has 0 amide bonds. The fraction of sp³-hybridized carbons (Fsp3) is 0.190. The highest BCUT2D eigenvalue weighted by Crippen LogP contribution is 2.43. The molecule has 0 saturated carbocycles. The Labute approximate surface area is 176 Å². The highest BCUT2D eigenvalue weighted by molar-refractivity contribution is 5.76. The van der Waals surface area contributed by atoms with Crippen LogP contribution in [-0.2, 0) is 0 Å². The lowest BCUT2D eigenvalue weighted by atomic mass is 9.92. The Bertz CT molecular complexity index is 1300. The molecule has 0 spiro atoms. The van der Waals surface area contributed by atoms with Gasteiger partial charge in [0.25, 0.3) is 5.56 Å². The minimum absolute atomic E-state index is 0.345. The van der Waals surface area contributed by atoms with Gasteiger partial charge in [-0.25, -0.2) is 5.10 Å². The largest absolute Gasteiger partial charge is 0.496 e. The molecular formula is C21H19N7O3. The van der Waals surface area contributed by atoms with Crippen molar-refractivity contribution in [3.63, 3.8) is 0 Å². The smallest absolute Gasteiger partial charge is 0.288 e. The maximum atomic E-state index is 12.7. The van der Waals surface area contributed by atoms with E-state index in [1.54, 1.807) is 11.8 Å². The quantitative estimate of drug-likeness (QED) is 0.448. The van der Waals surface area contributed by atoms with Crippen molar-refractivity contribution in [1.29, 1.82) is 0 Å². The van der Waals surface area contributed by atoms with Gasteiger partial charge in [-0.1, -0.05) is 23.3 Å². The van der Waals surface area contributed by atoms with Gasteiger partial charge in [-0.05, 0) is 47.7 Å². The fourth-order valence-electron chi connectivity index (χ4n) is 3.81. The van der Waals surface area contributed by atoms with E-state index in [1.807, 2.05) is 55.5 Å². The van der Waals surface area contributed by atoms with E-state index >= 15 is 0 Å². The van der Waals surface area contributed by atoms with Crippen LogP contribution in [0.3, 0.4) is 0 Å². The van der Waals surface area contributed by atoms with E-state index in [9.17, 15) is 4.79 Å². The van der Waals surface area contributed by atoms with Crippen LogP contribution in [0.4, 0.5) is 11.6 Å². The summed E-state index contributed by atoms with van der Waals surface area (Å²) in [7, 11) is 1.60. The molecule has 0 aliphatic carbocycles. The Morgan fingerprint density at radius 3 is 2.71 bits per heavy atom. The van der Waals surface area contributed by atoms with Crippen molar-refractivity contribution in [3.05, 3.63) is 70.0 Å². The van der Waals surface area contributed by atoms with E-state index in [-0.39, 0.29) is 5.56 Å². The fourth-order valence-corrected chi connectivity index (χ4v) is 3.81. The number of aromatic nitrogens is 6. The molecule has 5 rings (SSSR count). The molecule has 3 heterocycles. The topological polar surface area (TPSA) is 120 Å². The van der Waals surface area contributed by atoms with Gasteiger partial charge >= 0.3 is 0 Å². The van der Waals surface area contributed by atoms with Gasteiger partial charge in [0, 0.05) is 16.7 Å². The zero-order chi connectivity index (χ0) is 21.4. The van der Waals surface area contributed by atoms with E-state index in [2.05, 4.69) is 31.0 Å². The van der Waals surface area contributed by atoms with E-state index in [4.69, 9.17) is 9.47 Å². The maximum absolute atomic E-state index is 12.7. The summed E-state index contributed by atoms with van der Waals surface area (Å²) < 4.78 is 12.8. The molecule has 31 heavy (non-hydrogen) atoms. The zero-order valence-electron chi connectivity index (χ0n) is 16.9. The highest BCUT2D eigenvalue weighted by Gasteiger charge is 2.35. The lowest BCUT2D eigenvalue weighted by molar-refractivity contribution is 0.340. The molecule has 0 fully saturated rings. The average molecular weight is 417 g/mol. The first kappa shape index (κ1) is 18.8. The van der Waals surface area contributed by atoms with Crippen LogP contribution in [0.2, 0.25) is 0 Å². The van der Waals surface area contributed by atoms with Crippen molar-refractivity contribution in [2.75, 3.05) is 19.0 Å². The minimum atomic E-state index is -0.520. The third-order valence-electron chi connectivity index (χ3n) is 5.14. The van der Waals surface area contributed by atoms with Crippen LogP contribution < -0.4 is 20.3 Å². The Hall–Kier alpha value is -4.21. The summed E-state index contributed by atoms with van der Waals surface area (Å²) in [5.41, 5.74) is 2.85. The number of aromatic amines is 1. The van der Waals surface area contributed by atoms with Crippen molar-refractivity contribution < 1.29 is 9.47 Å². The van der Waals surface area contributed by atoms with E-state index in [0.717, 1.165) is 16.9 Å². The molecule has 0 unspecified atom stereocenters. The molecule has 1 aliphatic rings. The number of nitrogens with zero attached hydrogens (tertiary/aromatic N) is 5. The number of rotatable bonds is 5. The number of anilines is 2. The number of methoxy groups -OCH3 is 1. The van der Waals surface area contributed by atoms with Crippen molar-refractivity contribution in [3.8, 4) is 22.8 Å². The van der Waals surface area contributed by atoms with Crippen molar-refractivity contribution >= 4 is 11.6 Å². The van der Waals surface area contributed by atoms with Crippen LogP contribution in [0.5, 0.6) is 11.5 Å². The molecule has 10 heteroatoms. The second-order valence-corrected chi connectivity index (χ2v) is 6.86. The molecule has 2 aromatic heterocycles. The summed E-state index contributed by atoms with van der Waals surface area (Å²) in [6.45, 7) is 2.51. The molecule has 0 saturated heterocycles. The van der Waals surface area contributed by atoms with Gasteiger partial charge in [0.2, 0.25) is 5.95 Å². The van der Waals surface area contributed by atoms with Crippen LogP contribution in [0.1, 0.15) is 24.1 Å². The lowest BCUT2D eigenvalue weighted by Gasteiger charge is -2.28. The molecule has 0 bridgehead atoms. The van der Waals surface area contributed by atoms with Crippen LogP contribution in [0.15, 0.2) is 53.3 Å². The van der Waals surface area contributed by atoms with E-state index < -0.39 is 6.04 Å². The second kappa shape index (κ2) is 7.56. The summed E-state index contributed by atoms with van der Waals surface area (Å²) in [4.78, 5) is 12.7. The van der Waals surface area contributed by atoms with Crippen molar-refractivity contribution in [1.82, 2.24) is 30.4 Å². The van der Waals surface area contributed by atoms with Gasteiger partial charge in [0.05, 0.1) is 19.4 Å². The summed E-state index contributed by atoms with van der Waals surface area (Å²) >= 11 is 0. The molecule has 2 aromatic carbocycles. The number of para-hydroxylation sites is 1. The standard InChI is InChI=1S/C21H19N7O3/c1-3-31-13-10-8-12(9-11-13)17-16-18(20(29)24-23-17)22-21-25-26-27-28(21)19(16)14-6-4-5-7-15(14)30-2/h4-11,19H,3H2,1-2H3,(H,24,29)(H,22,25,27)/t19-/m1/s1. The van der Waals surface area contributed by atoms with E-state index in [1.165, 1.54) is 0 Å². The number of hydrogen-bond donors (Lipinski definition) is 2. The summed E-state index contributed by atoms with van der Waals surface area (Å²) in [6, 6.07) is 14.6. The molecule has 10 nitrogen and oxygen atoms in total. The molecular weight excluding hydrogens is 398 g/mol. The first-order valence-corrected chi connectivity index (χ1v) is 9.75. The summed E-state index contributed by atoms with van der Waals surface area (Å²) in [6.07, 6.45) is 0. The highest BCUT2D eigenvalue weighted by atomic mass is 16.5. The van der Waals surface area contributed by atoms with Crippen LogP contribution in [-0.4, -0.2) is 44.1 Å². The first-order valence-electron chi connectivity index (χ1n) is 9.75. The third-order valence-corrected chi connectivity index (χ3v) is 5.14. The zero-order valence-corrected chi connectivity index (χ0v) is 16.9. The minimum Gasteiger partial charge on any atom is -0.496 e. The number of hydrogen-bond acceptors (Lipinski definition) is 8. The van der Waals surface area contributed by atoms with Gasteiger partial charge in [0.15, 0.2) is 0 Å².